The van der Waals surface area contributed by atoms with Crippen LogP contribution in [0.4, 0.5) is 17.6 Å². The molecule has 0 aliphatic rings. The maximum absolute atomic E-state index is 13.0. The van der Waals surface area contributed by atoms with Crippen LogP contribution in [-0.4, -0.2) is 49.4 Å². The van der Waals surface area contributed by atoms with Crippen molar-refractivity contribution in [3.8, 4) is 0 Å². The van der Waals surface area contributed by atoms with E-state index in [1.54, 1.807) is 13.8 Å². The number of ether oxygens (including phenoxy) is 2. The number of halogens is 4. The first-order valence-corrected chi connectivity index (χ1v) is 7.30. The molecule has 0 N–H and O–H groups in total. The van der Waals surface area contributed by atoms with Crippen molar-refractivity contribution in [3.63, 3.8) is 0 Å². The molecule has 0 bridgehead atoms. The molecule has 0 radical (unpaired) electrons. The van der Waals surface area contributed by atoms with E-state index >= 15 is 0 Å². The molecule has 0 aliphatic heterocycles. The Morgan fingerprint density at radius 1 is 1.27 bits per heavy atom. The molecule has 0 rings (SSSR count). The summed E-state index contributed by atoms with van der Waals surface area (Å²) in [6, 6.07) is 0. The van der Waals surface area contributed by atoms with Crippen molar-refractivity contribution in [3.05, 3.63) is 12.2 Å². The van der Waals surface area contributed by atoms with Crippen molar-refractivity contribution in [2.75, 3.05) is 13.2 Å². The lowest BCUT2D eigenvalue weighted by Gasteiger charge is -2.28. The SMILES string of the molecule is C=C(COCCC(F)(F)C(F)(F)S(=O)(=O)[O-])C(=O)OC(C)C. The van der Waals surface area contributed by atoms with Gasteiger partial charge in [0.2, 0.25) is 0 Å². The summed E-state index contributed by atoms with van der Waals surface area (Å²) in [5.41, 5.74) is -0.236. The molecule has 22 heavy (non-hydrogen) atoms. The van der Waals surface area contributed by atoms with E-state index < -0.39 is 53.0 Å². The fraction of sp³-hybridized carbons (Fsp3) is 0.727. The van der Waals surface area contributed by atoms with E-state index in [9.17, 15) is 35.3 Å². The number of carbonyl (C=O) groups is 1. The molecule has 0 saturated carbocycles. The van der Waals surface area contributed by atoms with Gasteiger partial charge in [0.25, 0.3) is 0 Å². The average molecular weight is 351 g/mol. The monoisotopic (exact) mass is 351 g/mol. The van der Waals surface area contributed by atoms with Crippen LogP contribution < -0.4 is 0 Å². The number of esters is 1. The van der Waals surface area contributed by atoms with Crippen molar-refractivity contribution in [1.82, 2.24) is 0 Å². The summed E-state index contributed by atoms with van der Waals surface area (Å²) in [5, 5.41) is -5.75. The normalized spacial score (nSPS) is 13.3. The molecule has 0 amide bonds. The average Bonchev–Trinajstić information content (AvgIpc) is 2.31. The standard InChI is InChI=1S/C11H16F4O6S/c1-7(2)21-9(16)8(3)6-20-5-4-10(12,13)11(14,15)22(17,18)19/h7H,3-6H2,1-2H3,(H,17,18,19)/p-1. The third-order valence-corrected chi connectivity index (χ3v) is 3.13. The third-order valence-electron chi connectivity index (χ3n) is 2.21. The molecule has 6 nitrogen and oxygen atoms in total. The minimum Gasteiger partial charge on any atom is -0.743 e. The maximum Gasteiger partial charge on any atom is 0.396 e. The smallest absolute Gasteiger partial charge is 0.396 e. The van der Waals surface area contributed by atoms with Crippen LogP contribution in [-0.2, 0) is 24.4 Å². The number of hydrogen-bond acceptors (Lipinski definition) is 6. The first kappa shape index (κ1) is 20.8. The highest BCUT2D eigenvalue weighted by molar-refractivity contribution is 7.86. The van der Waals surface area contributed by atoms with E-state index in [4.69, 9.17) is 4.74 Å². The van der Waals surface area contributed by atoms with Gasteiger partial charge in [0, 0.05) is 6.42 Å². The van der Waals surface area contributed by atoms with E-state index in [1.165, 1.54) is 0 Å². The maximum atomic E-state index is 13.0. The molecule has 0 aliphatic carbocycles. The van der Waals surface area contributed by atoms with Crippen molar-refractivity contribution in [2.24, 2.45) is 0 Å². The zero-order valence-electron chi connectivity index (χ0n) is 11.8. The molecule has 0 spiro atoms. The highest BCUT2D eigenvalue weighted by atomic mass is 32.2. The van der Waals surface area contributed by atoms with Gasteiger partial charge in [-0.2, -0.15) is 17.6 Å². The molecule has 0 heterocycles. The molecule has 11 heteroatoms. The van der Waals surface area contributed by atoms with Crippen LogP contribution in [0.3, 0.4) is 0 Å². The van der Waals surface area contributed by atoms with Crippen LogP contribution in [0.5, 0.6) is 0 Å². The van der Waals surface area contributed by atoms with Gasteiger partial charge >= 0.3 is 17.1 Å². The first-order valence-electron chi connectivity index (χ1n) is 5.90. The summed E-state index contributed by atoms with van der Waals surface area (Å²) in [4.78, 5) is 11.2. The van der Waals surface area contributed by atoms with Gasteiger partial charge in [-0.15, -0.1) is 0 Å². The second-order valence-corrected chi connectivity index (χ2v) is 5.96. The van der Waals surface area contributed by atoms with Crippen LogP contribution >= 0.6 is 0 Å². The fourth-order valence-corrected chi connectivity index (χ4v) is 1.55. The Balaban J connectivity index is 4.42. The summed E-state index contributed by atoms with van der Waals surface area (Å²) in [7, 11) is -6.52. The molecule has 0 aromatic heterocycles. The van der Waals surface area contributed by atoms with Crippen LogP contribution in [0.25, 0.3) is 0 Å². The minimum absolute atomic E-state index is 0.236. The van der Waals surface area contributed by atoms with Gasteiger partial charge in [0.15, 0.2) is 10.1 Å². The zero-order chi connectivity index (χ0) is 17.8. The Hall–Kier alpha value is -1.20. The first-order chi connectivity index (χ1) is 9.72. The van der Waals surface area contributed by atoms with E-state index in [0.29, 0.717) is 0 Å². The fourth-order valence-electron chi connectivity index (χ4n) is 1.08. The Kier molecular flexibility index (Phi) is 6.97. The van der Waals surface area contributed by atoms with Gasteiger partial charge in [0.1, 0.15) is 0 Å². The van der Waals surface area contributed by atoms with E-state index in [1.807, 2.05) is 0 Å². The Bertz CT molecular complexity index is 515. The lowest BCUT2D eigenvalue weighted by Crippen LogP contribution is -2.47. The van der Waals surface area contributed by atoms with Crippen LogP contribution in [0.15, 0.2) is 12.2 Å². The topological polar surface area (TPSA) is 92.7 Å². The summed E-state index contributed by atoms with van der Waals surface area (Å²) >= 11 is 0. The molecular formula is C11H15F4O6S-. The molecule has 0 atom stereocenters. The summed E-state index contributed by atoms with van der Waals surface area (Å²) in [5.74, 6) is -5.96. The lowest BCUT2D eigenvalue weighted by molar-refractivity contribution is -0.170. The third kappa shape index (κ3) is 5.54. The second kappa shape index (κ2) is 7.38. The zero-order valence-corrected chi connectivity index (χ0v) is 12.6. The predicted octanol–water partition coefficient (Wildman–Crippen LogP) is 1.67. The van der Waals surface area contributed by atoms with Crippen LogP contribution in [0.1, 0.15) is 20.3 Å². The van der Waals surface area contributed by atoms with Gasteiger partial charge in [-0.1, -0.05) is 6.58 Å². The number of alkyl halides is 4. The van der Waals surface area contributed by atoms with Crippen LogP contribution in [0.2, 0.25) is 0 Å². The van der Waals surface area contributed by atoms with Gasteiger partial charge in [-0.05, 0) is 13.8 Å². The molecule has 130 valence electrons. The van der Waals surface area contributed by atoms with Gasteiger partial charge in [-0.3, -0.25) is 0 Å². The van der Waals surface area contributed by atoms with Crippen molar-refractivity contribution >= 4 is 16.1 Å². The summed E-state index contributed by atoms with van der Waals surface area (Å²) < 4.78 is 91.2. The molecule has 0 unspecified atom stereocenters. The van der Waals surface area contributed by atoms with Crippen LogP contribution in [0, 0.1) is 0 Å². The van der Waals surface area contributed by atoms with Crippen molar-refractivity contribution in [2.45, 2.75) is 37.5 Å². The molecule has 0 fully saturated rings. The largest absolute Gasteiger partial charge is 0.743 e. The van der Waals surface area contributed by atoms with Gasteiger partial charge < -0.3 is 14.0 Å². The van der Waals surface area contributed by atoms with Crippen molar-refractivity contribution < 1.29 is 44.8 Å². The summed E-state index contributed by atoms with van der Waals surface area (Å²) in [6.07, 6.45) is -2.18. The highest BCUT2D eigenvalue weighted by Gasteiger charge is 2.61. The molecule has 0 saturated heterocycles. The highest BCUT2D eigenvalue weighted by Crippen LogP contribution is 2.40. The second-order valence-electron chi connectivity index (χ2n) is 4.54. The number of carbonyl (C=O) groups excluding carboxylic acids is 1. The Morgan fingerprint density at radius 3 is 2.18 bits per heavy atom. The molecule has 0 aromatic rings. The minimum atomic E-state index is -6.52. The predicted molar refractivity (Wildman–Crippen MR) is 65.4 cm³/mol. The van der Waals surface area contributed by atoms with E-state index in [0.717, 1.165) is 0 Å². The lowest BCUT2D eigenvalue weighted by atomic mass is 10.2. The quantitative estimate of drug-likeness (QED) is 0.206. The Labute approximate surface area is 124 Å². The van der Waals surface area contributed by atoms with E-state index in [-0.39, 0.29) is 5.57 Å². The van der Waals surface area contributed by atoms with E-state index in [2.05, 4.69) is 11.3 Å². The molecular weight excluding hydrogens is 336 g/mol. The van der Waals surface area contributed by atoms with Crippen molar-refractivity contribution in [1.29, 1.82) is 0 Å². The summed E-state index contributed by atoms with van der Waals surface area (Å²) in [6.45, 7) is 4.76. The molecule has 0 aromatic carbocycles. The number of rotatable bonds is 9. The Morgan fingerprint density at radius 2 is 1.77 bits per heavy atom. The van der Waals surface area contributed by atoms with Gasteiger partial charge in [0.05, 0.1) is 24.9 Å². The van der Waals surface area contributed by atoms with Gasteiger partial charge in [-0.25, -0.2) is 13.2 Å². The number of hydrogen-bond donors (Lipinski definition) is 0.